The van der Waals surface area contributed by atoms with E-state index in [4.69, 9.17) is 0 Å². The summed E-state index contributed by atoms with van der Waals surface area (Å²) in [6.45, 7) is 5.63. The summed E-state index contributed by atoms with van der Waals surface area (Å²) in [6.07, 6.45) is -8.98. The molecule has 1 aliphatic heterocycles. The molecule has 0 radical (unpaired) electrons. The summed E-state index contributed by atoms with van der Waals surface area (Å²) >= 11 is 0. The van der Waals surface area contributed by atoms with Crippen molar-refractivity contribution in [1.29, 1.82) is 0 Å². The number of amides is 1. The number of carbonyl (C=O) groups excluding carboxylic acids is 1. The maximum atomic E-state index is 13.5. The van der Waals surface area contributed by atoms with E-state index in [1.165, 1.54) is 42.5 Å². The third kappa shape index (κ3) is 7.87. The third-order valence-electron chi connectivity index (χ3n) is 7.27. The zero-order chi connectivity index (χ0) is 29.9. The molecule has 10 heteroatoms. The fourth-order valence-electron chi connectivity index (χ4n) is 5.39. The van der Waals surface area contributed by atoms with E-state index in [1.807, 2.05) is 18.7 Å². The van der Waals surface area contributed by atoms with Crippen LogP contribution < -0.4 is 0 Å². The quantitative estimate of drug-likeness (QED) is 0.253. The molecule has 1 amide bonds. The van der Waals surface area contributed by atoms with Crippen molar-refractivity contribution in [2.45, 2.75) is 38.7 Å². The minimum atomic E-state index is -4.52. The molecular weight excluding hydrogens is 549 g/mol. The van der Waals surface area contributed by atoms with Gasteiger partial charge in [-0.15, -0.1) is 0 Å². The molecule has 1 fully saturated rings. The van der Waals surface area contributed by atoms with Crippen LogP contribution in [0.2, 0.25) is 0 Å². The predicted molar refractivity (Wildman–Crippen MR) is 142 cm³/mol. The van der Waals surface area contributed by atoms with Crippen molar-refractivity contribution < 1.29 is 35.5 Å². The summed E-state index contributed by atoms with van der Waals surface area (Å²) in [4.78, 5) is 17.1. The van der Waals surface area contributed by atoms with E-state index in [1.54, 1.807) is 11.0 Å². The molecule has 3 aromatic carbocycles. The van der Waals surface area contributed by atoms with Crippen molar-refractivity contribution in [3.8, 4) is 0 Å². The fourth-order valence-corrected chi connectivity index (χ4v) is 5.39. The van der Waals surface area contributed by atoms with Gasteiger partial charge in [0.15, 0.2) is 0 Å². The first-order valence-corrected chi connectivity index (χ1v) is 13.3. The van der Waals surface area contributed by atoms with Crippen LogP contribution in [0.25, 0.3) is 0 Å². The number of hydrogen-bond acceptors (Lipinski definition) is 2. The second kappa shape index (κ2) is 12.2. The van der Waals surface area contributed by atoms with Crippen LogP contribution in [-0.4, -0.2) is 41.9 Å². The lowest BCUT2D eigenvalue weighted by Crippen LogP contribution is -2.39. The van der Waals surface area contributed by atoms with Gasteiger partial charge in [0, 0.05) is 44.2 Å². The first-order valence-electron chi connectivity index (χ1n) is 13.3. The van der Waals surface area contributed by atoms with Crippen LogP contribution in [-0.2, 0) is 18.9 Å². The van der Waals surface area contributed by atoms with Crippen molar-refractivity contribution in [2.75, 3.05) is 26.2 Å². The maximum Gasteiger partial charge on any atom is 0.416 e. The van der Waals surface area contributed by atoms with Crippen molar-refractivity contribution in [1.82, 2.24) is 9.80 Å². The molecule has 0 saturated carbocycles. The standard InChI is InChI=1S/C31H31F7N2O/c1-20(2)15-40(29(41)22-8-12-27(32)13-9-22)18-24-17-39(16-21-6-10-25(11-7-21)30(33,34)35)19-28(24)23-4-3-5-26(14-23)31(36,37)38/h3-14,20,24,28H,15-19H2,1-2H3. The lowest BCUT2D eigenvalue weighted by molar-refractivity contribution is -0.138. The molecule has 0 spiro atoms. The van der Waals surface area contributed by atoms with Crippen LogP contribution >= 0.6 is 0 Å². The van der Waals surface area contributed by atoms with E-state index in [0.29, 0.717) is 42.9 Å². The monoisotopic (exact) mass is 580 g/mol. The molecule has 2 unspecified atom stereocenters. The molecule has 0 aliphatic carbocycles. The third-order valence-corrected chi connectivity index (χ3v) is 7.27. The summed E-state index contributed by atoms with van der Waals surface area (Å²) in [5.74, 6) is -1.30. The number of nitrogens with zero attached hydrogens (tertiary/aromatic N) is 2. The number of rotatable bonds is 8. The van der Waals surface area contributed by atoms with Crippen molar-refractivity contribution >= 4 is 5.91 Å². The van der Waals surface area contributed by atoms with Crippen LogP contribution in [0, 0.1) is 17.7 Å². The Labute approximate surface area is 234 Å². The van der Waals surface area contributed by atoms with Gasteiger partial charge in [0.05, 0.1) is 11.1 Å². The van der Waals surface area contributed by atoms with Gasteiger partial charge in [-0.3, -0.25) is 9.69 Å². The van der Waals surface area contributed by atoms with Gasteiger partial charge >= 0.3 is 12.4 Å². The van der Waals surface area contributed by atoms with Gasteiger partial charge < -0.3 is 4.90 Å². The highest BCUT2D eigenvalue weighted by Gasteiger charge is 2.38. The Hall–Kier alpha value is -3.40. The lowest BCUT2D eigenvalue weighted by Gasteiger charge is -2.30. The Morgan fingerprint density at radius 1 is 0.878 bits per heavy atom. The summed E-state index contributed by atoms with van der Waals surface area (Å²) in [6, 6.07) is 15.2. The van der Waals surface area contributed by atoms with Gasteiger partial charge in [-0.05, 0) is 65.4 Å². The zero-order valence-corrected chi connectivity index (χ0v) is 22.6. The lowest BCUT2D eigenvalue weighted by atomic mass is 9.87. The number of likely N-dealkylation sites (tertiary alicyclic amines) is 1. The first kappa shape index (κ1) is 30.6. The Morgan fingerprint density at radius 3 is 2.10 bits per heavy atom. The number of hydrogen-bond donors (Lipinski definition) is 0. The van der Waals surface area contributed by atoms with Gasteiger partial charge in [0.2, 0.25) is 0 Å². The minimum Gasteiger partial charge on any atom is -0.338 e. The van der Waals surface area contributed by atoms with Crippen LogP contribution in [0.3, 0.4) is 0 Å². The number of alkyl halides is 6. The molecule has 0 N–H and O–H groups in total. The average molecular weight is 581 g/mol. The zero-order valence-electron chi connectivity index (χ0n) is 22.6. The maximum absolute atomic E-state index is 13.5. The molecule has 41 heavy (non-hydrogen) atoms. The fraction of sp³-hybridized carbons (Fsp3) is 0.387. The summed E-state index contributed by atoms with van der Waals surface area (Å²) in [5.41, 5.74) is -0.0917. The normalized spacial score (nSPS) is 18.2. The number of carbonyl (C=O) groups is 1. The van der Waals surface area contributed by atoms with Crippen molar-refractivity contribution in [3.63, 3.8) is 0 Å². The van der Waals surface area contributed by atoms with E-state index >= 15 is 0 Å². The van der Waals surface area contributed by atoms with Crippen molar-refractivity contribution in [2.24, 2.45) is 11.8 Å². The van der Waals surface area contributed by atoms with Crippen LogP contribution in [0.15, 0.2) is 72.8 Å². The van der Waals surface area contributed by atoms with Gasteiger partial charge in [0.1, 0.15) is 5.82 Å². The smallest absolute Gasteiger partial charge is 0.338 e. The molecule has 1 saturated heterocycles. The molecule has 3 nitrogen and oxygen atoms in total. The SMILES string of the molecule is CC(C)CN(CC1CN(Cc2ccc(C(F)(F)F)cc2)CC1c1cccc(C(F)(F)F)c1)C(=O)c1ccc(F)cc1. The highest BCUT2D eigenvalue weighted by atomic mass is 19.4. The Kier molecular flexibility index (Phi) is 9.11. The van der Waals surface area contributed by atoms with E-state index < -0.39 is 29.3 Å². The largest absolute Gasteiger partial charge is 0.416 e. The van der Waals surface area contributed by atoms with Crippen LogP contribution in [0.4, 0.5) is 30.7 Å². The molecule has 4 rings (SSSR count). The average Bonchev–Trinajstić information content (AvgIpc) is 3.29. The number of benzene rings is 3. The van der Waals surface area contributed by atoms with Gasteiger partial charge in [-0.25, -0.2) is 4.39 Å². The molecule has 1 heterocycles. The molecule has 3 aromatic rings. The second-order valence-corrected chi connectivity index (χ2v) is 11.0. The molecule has 1 aliphatic rings. The molecule has 2 atom stereocenters. The Morgan fingerprint density at radius 2 is 1.51 bits per heavy atom. The van der Waals surface area contributed by atoms with E-state index in [2.05, 4.69) is 0 Å². The molecule has 0 aromatic heterocycles. The van der Waals surface area contributed by atoms with E-state index in [-0.39, 0.29) is 30.2 Å². The predicted octanol–water partition coefficient (Wildman–Crippen LogP) is 7.88. The van der Waals surface area contributed by atoms with Crippen LogP contribution in [0.1, 0.15) is 52.4 Å². The first-order chi connectivity index (χ1) is 19.2. The molecular formula is C31H31F7N2O. The topological polar surface area (TPSA) is 23.6 Å². The summed E-state index contributed by atoms with van der Waals surface area (Å²) in [7, 11) is 0. The Bertz CT molecular complexity index is 1320. The molecule has 0 bridgehead atoms. The van der Waals surface area contributed by atoms with E-state index in [0.717, 1.165) is 24.3 Å². The summed E-state index contributed by atoms with van der Waals surface area (Å²) < 4.78 is 93.1. The number of halogens is 7. The van der Waals surface area contributed by atoms with Crippen molar-refractivity contribution in [3.05, 3.63) is 106 Å². The van der Waals surface area contributed by atoms with Gasteiger partial charge in [0.25, 0.3) is 5.91 Å². The second-order valence-electron chi connectivity index (χ2n) is 11.0. The minimum absolute atomic E-state index is 0.0936. The van der Waals surface area contributed by atoms with Crippen LogP contribution in [0.5, 0.6) is 0 Å². The Balaban J connectivity index is 1.62. The molecule has 220 valence electrons. The highest BCUT2D eigenvalue weighted by molar-refractivity contribution is 5.94. The summed E-state index contributed by atoms with van der Waals surface area (Å²) in [5, 5.41) is 0. The van der Waals surface area contributed by atoms with E-state index in [9.17, 15) is 35.5 Å². The van der Waals surface area contributed by atoms with Gasteiger partial charge in [-0.1, -0.05) is 44.2 Å². The van der Waals surface area contributed by atoms with Gasteiger partial charge in [-0.2, -0.15) is 26.3 Å². The highest BCUT2D eigenvalue weighted by Crippen LogP contribution is 2.38.